The fourth-order valence-electron chi connectivity index (χ4n) is 2.33. The molecule has 1 saturated heterocycles. The minimum atomic E-state index is -4.86. The van der Waals surface area contributed by atoms with Crippen LogP contribution in [0.15, 0.2) is 18.2 Å². The van der Waals surface area contributed by atoms with Crippen LogP contribution in [-0.4, -0.2) is 25.2 Å². The smallest absolute Gasteiger partial charge is 0.293 e. The molecule has 1 aliphatic rings. The summed E-state index contributed by atoms with van der Waals surface area (Å²) in [5.41, 5.74) is -1.83. The Hall–Kier alpha value is -1.44. The highest BCUT2D eigenvalue weighted by atomic mass is 32.2. The minimum Gasteiger partial charge on any atom is -0.293 e. The summed E-state index contributed by atoms with van der Waals surface area (Å²) in [6, 6.07) is 1.73. The molecule has 0 aliphatic carbocycles. The molecule has 1 heterocycles. The normalized spacial score (nSPS) is 22.0. The van der Waals surface area contributed by atoms with Gasteiger partial charge in [0.1, 0.15) is 11.1 Å². The second-order valence-electron chi connectivity index (χ2n) is 4.91. The van der Waals surface area contributed by atoms with E-state index >= 15 is 0 Å². The zero-order valence-corrected chi connectivity index (χ0v) is 11.6. The van der Waals surface area contributed by atoms with Gasteiger partial charge in [-0.3, -0.25) is 4.79 Å². The van der Waals surface area contributed by atoms with Crippen LogP contribution in [0.4, 0.5) is 17.6 Å². The maximum Gasteiger partial charge on any atom is 0.419 e. The van der Waals surface area contributed by atoms with Crippen molar-refractivity contribution in [3.05, 3.63) is 35.1 Å². The van der Waals surface area contributed by atoms with Crippen LogP contribution in [0.3, 0.4) is 0 Å². The highest BCUT2D eigenvalue weighted by Crippen LogP contribution is 2.32. The largest absolute Gasteiger partial charge is 0.419 e. The molecule has 0 radical (unpaired) electrons. The molecule has 116 valence electrons. The first kappa shape index (κ1) is 15.9. The van der Waals surface area contributed by atoms with Crippen molar-refractivity contribution in [3.8, 4) is 0 Å². The Morgan fingerprint density at radius 3 is 2.38 bits per heavy atom. The summed E-state index contributed by atoms with van der Waals surface area (Å²) in [4.78, 5) is 12.1. The lowest BCUT2D eigenvalue weighted by Crippen LogP contribution is -2.35. The van der Waals surface area contributed by atoms with Crippen molar-refractivity contribution >= 4 is 15.6 Å². The van der Waals surface area contributed by atoms with Crippen molar-refractivity contribution < 1.29 is 30.8 Å². The molecule has 8 heteroatoms. The first-order valence-electron chi connectivity index (χ1n) is 6.25. The van der Waals surface area contributed by atoms with Crippen molar-refractivity contribution in [2.45, 2.75) is 30.7 Å². The summed E-state index contributed by atoms with van der Waals surface area (Å²) < 4.78 is 74.4. The molecule has 0 saturated carbocycles. The van der Waals surface area contributed by atoms with E-state index in [-0.39, 0.29) is 17.7 Å². The molecule has 2 rings (SSSR count). The van der Waals surface area contributed by atoms with E-state index in [1.165, 1.54) is 0 Å². The standard InChI is InChI=1S/C13H12F4O3S/c14-10-7-8(4-5-9(10)13(15,16)17)12(18)11-3-1-2-6-21(11,19)20/h4-5,7,11H,1-3,6H2. The van der Waals surface area contributed by atoms with E-state index in [0.29, 0.717) is 25.0 Å². The predicted octanol–water partition coefficient (Wildman–Crippen LogP) is 2.99. The Balaban J connectivity index is 2.35. The van der Waals surface area contributed by atoms with Gasteiger partial charge in [-0.05, 0) is 25.0 Å². The molecule has 21 heavy (non-hydrogen) atoms. The van der Waals surface area contributed by atoms with Crippen molar-refractivity contribution in [2.75, 3.05) is 5.75 Å². The number of ketones is 1. The van der Waals surface area contributed by atoms with E-state index in [9.17, 15) is 30.8 Å². The van der Waals surface area contributed by atoms with Gasteiger partial charge in [0.05, 0.1) is 11.3 Å². The van der Waals surface area contributed by atoms with Gasteiger partial charge >= 0.3 is 6.18 Å². The molecule has 1 aromatic rings. The summed E-state index contributed by atoms with van der Waals surface area (Å²) in [5.74, 6) is -2.56. The predicted molar refractivity (Wildman–Crippen MR) is 67.2 cm³/mol. The maximum absolute atomic E-state index is 13.4. The van der Waals surface area contributed by atoms with Crippen molar-refractivity contribution in [1.82, 2.24) is 0 Å². The zero-order chi connectivity index (χ0) is 15.8. The van der Waals surface area contributed by atoms with Crippen molar-refractivity contribution in [2.24, 2.45) is 0 Å². The van der Waals surface area contributed by atoms with Crippen LogP contribution < -0.4 is 0 Å². The van der Waals surface area contributed by atoms with Crippen LogP contribution >= 0.6 is 0 Å². The molecular weight excluding hydrogens is 312 g/mol. The fourth-order valence-corrected chi connectivity index (χ4v) is 4.21. The zero-order valence-electron chi connectivity index (χ0n) is 10.8. The van der Waals surface area contributed by atoms with Gasteiger partial charge in [0.15, 0.2) is 15.6 Å². The molecule has 1 atom stereocenters. The van der Waals surface area contributed by atoms with Gasteiger partial charge in [-0.25, -0.2) is 12.8 Å². The van der Waals surface area contributed by atoms with E-state index in [1.54, 1.807) is 0 Å². The van der Waals surface area contributed by atoms with Gasteiger partial charge < -0.3 is 0 Å². The molecular formula is C13H12F4O3S. The second-order valence-corrected chi connectivity index (χ2v) is 7.21. The molecule has 0 amide bonds. The third kappa shape index (κ3) is 3.25. The van der Waals surface area contributed by atoms with Crippen LogP contribution in [0.2, 0.25) is 0 Å². The summed E-state index contributed by atoms with van der Waals surface area (Å²) in [7, 11) is -3.62. The van der Waals surface area contributed by atoms with E-state index in [1.807, 2.05) is 0 Å². The topological polar surface area (TPSA) is 51.2 Å². The Bertz CT molecular complexity index is 664. The summed E-state index contributed by atoms with van der Waals surface area (Å²) in [6.45, 7) is 0. The fraction of sp³-hybridized carbons (Fsp3) is 0.462. The summed E-state index contributed by atoms with van der Waals surface area (Å²) in [6.07, 6.45) is -3.75. The highest BCUT2D eigenvalue weighted by Gasteiger charge is 2.37. The molecule has 0 aromatic heterocycles. The molecule has 0 spiro atoms. The highest BCUT2D eigenvalue weighted by molar-refractivity contribution is 7.92. The van der Waals surface area contributed by atoms with E-state index in [2.05, 4.69) is 0 Å². The Morgan fingerprint density at radius 1 is 1.19 bits per heavy atom. The SMILES string of the molecule is O=C(c1ccc(C(F)(F)F)c(F)c1)C1CCCCS1(=O)=O. The summed E-state index contributed by atoms with van der Waals surface area (Å²) in [5, 5.41) is -1.29. The lowest BCUT2D eigenvalue weighted by atomic mass is 10.0. The molecule has 1 aliphatic heterocycles. The minimum absolute atomic E-state index is 0.115. The number of carbonyl (C=O) groups excluding carboxylic acids is 1. The number of Topliss-reactive ketones (excluding diaryl/α,β-unsaturated/α-hetero) is 1. The van der Waals surface area contributed by atoms with Gasteiger partial charge in [-0.15, -0.1) is 0 Å². The van der Waals surface area contributed by atoms with Gasteiger partial charge in [-0.2, -0.15) is 13.2 Å². The molecule has 3 nitrogen and oxygen atoms in total. The van der Waals surface area contributed by atoms with Crippen LogP contribution in [0.1, 0.15) is 35.2 Å². The van der Waals surface area contributed by atoms with Crippen LogP contribution in [0.25, 0.3) is 0 Å². The van der Waals surface area contributed by atoms with Gasteiger partial charge in [0, 0.05) is 5.56 Å². The lowest BCUT2D eigenvalue weighted by Gasteiger charge is -2.21. The Kier molecular flexibility index (Phi) is 4.10. The van der Waals surface area contributed by atoms with E-state index in [4.69, 9.17) is 0 Å². The Labute approximate surface area is 118 Å². The van der Waals surface area contributed by atoms with E-state index in [0.717, 1.165) is 6.07 Å². The first-order valence-corrected chi connectivity index (χ1v) is 7.97. The number of carbonyl (C=O) groups is 1. The monoisotopic (exact) mass is 324 g/mol. The second kappa shape index (κ2) is 5.40. The molecule has 1 aromatic carbocycles. The van der Waals surface area contributed by atoms with E-state index < -0.39 is 38.4 Å². The number of benzene rings is 1. The molecule has 1 unspecified atom stereocenters. The quantitative estimate of drug-likeness (QED) is 0.621. The van der Waals surface area contributed by atoms with Crippen molar-refractivity contribution in [1.29, 1.82) is 0 Å². The lowest BCUT2D eigenvalue weighted by molar-refractivity contribution is -0.140. The number of alkyl halides is 3. The molecule has 1 fully saturated rings. The third-order valence-corrected chi connectivity index (χ3v) is 5.60. The first-order chi connectivity index (χ1) is 9.63. The van der Waals surface area contributed by atoms with Gasteiger partial charge in [0.2, 0.25) is 0 Å². The number of halogens is 4. The number of rotatable bonds is 2. The number of sulfone groups is 1. The van der Waals surface area contributed by atoms with Gasteiger partial charge in [-0.1, -0.05) is 12.5 Å². The van der Waals surface area contributed by atoms with Crippen molar-refractivity contribution in [3.63, 3.8) is 0 Å². The van der Waals surface area contributed by atoms with Crippen LogP contribution in [0, 0.1) is 5.82 Å². The summed E-state index contributed by atoms with van der Waals surface area (Å²) >= 11 is 0. The van der Waals surface area contributed by atoms with Crippen LogP contribution in [0.5, 0.6) is 0 Å². The third-order valence-electron chi connectivity index (χ3n) is 3.43. The Morgan fingerprint density at radius 2 is 1.86 bits per heavy atom. The van der Waals surface area contributed by atoms with Crippen LogP contribution in [-0.2, 0) is 16.0 Å². The number of hydrogen-bond donors (Lipinski definition) is 0. The number of hydrogen-bond acceptors (Lipinski definition) is 3. The van der Waals surface area contributed by atoms with Gasteiger partial charge in [0.25, 0.3) is 0 Å². The molecule has 0 N–H and O–H groups in total. The average Bonchev–Trinajstić information content (AvgIpc) is 2.35. The molecule has 0 bridgehead atoms. The average molecular weight is 324 g/mol. The maximum atomic E-state index is 13.4.